The molecule has 0 heterocycles. The molecule has 0 spiro atoms. The number of rotatable bonds is 0. The molecule has 0 aliphatic heterocycles. The van der Waals surface area contributed by atoms with Crippen LogP contribution in [0.4, 0.5) is 0 Å². The van der Waals surface area contributed by atoms with Crippen molar-refractivity contribution in [3.63, 3.8) is 0 Å². The zero-order chi connectivity index (χ0) is 20.5. The largest absolute Gasteiger partial charge is 0.0776 e. The zero-order valence-electron chi connectivity index (χ0n) is 17.5. The molecule has 0 bridgehead atoms. The maximum Gasteiger partial charge on any atom is -0.0155 e. The Morgan fingerprint density at radius 2 is 0.879 bits per heavy atom. The molecular weight excluding hydrogens is 396 g/mol. The van der Waals surface area contributed by atoms with Gasteiger partial charge in [0.05, 0.1) is 0 Å². The van der Waals surface area contributed by atoms with Crippen molar-refractivity contribution < 1.29 is 0 Å². The van der Waals surface area contributed by atoms with Gasteiger partial charge >= 0.3 is 0 Å². The van der Waals surface area contributed by atoms with E-state index in [-0.39, 0.29) is 29.7 Å². The lowest BCUT2D eigenvalue weighted by Gasteiger charge is -1.98. The van der Waals surface area contributed by atoms with Crippen molar-refractivity contribution in [2.24, 2.45) is 0 Å². The molecule has 0 nitrogen and oxygen atoms in total. The van der Waals surface area contributed by atoms with Gasteiger partial charge in [-0.1, -0.05) is 156 Å². The van der Waals surface area contributed by atoms with Gasteiger partial charge in [-0.2, -0.15) is 0 Å². The van der Waals surface area contributed by atoms with Gasteiger partial charge in [0.15, 0.2) is 0 Å². The fraction of sp³-hybridized carbons (Fsp3) is 0.212. The van der Waals surface area contributed by atoms with E-state index in [9.17, 15) is 0 Å². The van der Waals surface area contributed by atoms with Crippen molar-refractivity contribution in [3.8, 4) is 0 Å². The summed E-state index contributed by atoms with van der Waals surface area (Å²) in [7, 11) is 0. The molecule has 0 saturated heterocycles. The first-order valence-electron chi connectivity index (χ1n) is 10.0. The van der Waals surface area contributed by atoms with Crippen LogP contribution in [0.15, 0.2) is 115 Å². The normalized spacial score (nSPS) is 8.70. The maximum atomic E-state index is 2.20. The van der Waals surface area contributed by atoms with E-state index in [4.69, 9.17) is 0 Å². The van der Waals surface area contributed by atoms with Gasteiger partial charge in [0.1, 0.15) is 0 Å². The first kappa shape index (κ1) is 31.8. The molecule has 0 amide bonds. The lowest BCUT2D eigenvalue weighted by Crippen LogP contribution is -1.75. The summed E-state index contributed by atoms with van der Waals surface area (Å²) >= 11 is 0. The van der Waals surface area contributed by atoms with Crippen molar-refractivity contribution in [2.45, 2.75) is 50.5 Å². The van der Waals surface area contributed by atoms with Crippen LogP contribution < -0.4 is 0 Å². The monoisotopic (exact) mass is 440 g/mol. The van der Waals surface area contributed by atoms with Gasteiger partial charge in [0.25, 0.3) is 0 Å². The predicted octanol–water partition coefficient (Wildman–Crippen LogP) is 10.8. The van der Waals surface area contributed by atoms with Crippen molar-refractivity contribution in [2.75, 3.05) is 0 Å². The van der Waals surface area contributed by atoms with Gasteiger partial charge in [0.2, 0.25) is 0 Å². The summed E-state index contributed by atoms with van der Waals surface area (Å²) in [6.45, 7) is 6.34. The molecule has 5 rings (SSSR count). The van der Waals surface area contributed by atoms with Crippen LogP contribution in [0.5, 0.6) is 0 Å². The second-order valence-corrected chi connectivity index (χ2v) is 7.30. The minimum atomic E-state index is 0. The summed E-state index contributed by atoms with van der Waals surface area (Å²) in [5.41, 5.74) is 3.99. The van der Waals surface area contributed by atoms with E-state index < -0.39 is 0 Å². The topological polar surface area (TPSA) is 0 Å². The summed E-state index contributed by atoms with van der Waals surface area (Å²) in [4.78, 5) is 0. The third-order valence-electron chi connectivity index (χ3n) is 4.85. The fourth-order valence-electron chi connectivity index (χ4n) is 3.23. The van der Waals surface area contributed by atoms with E-state index in [1.165, 1.54) is 38.2 Å². The maximum absolute atomic E-state index is 2.20. The molecular formula is C33H44. The van der Waals surface area contributed by atoms with Crippen LogP contribution in [0.25, 0.3) is 21.5 Å². The Morgan fingerprint density at radius 3 is 1.45 bits per heavy atom. The van der Waals surface area contributed by atoms with E-state index >= 15 is 0 Å². The van der Waals surface area contributed by atoms with Gasteiger partial charge in [0, 0.05) is 0 Å². The highest BCUT2D eigenvalue weighted by Crippen LogP contribution is 2.16. The number of hydrogen-bond acceptors (Lipinski definition) is 0. The molecule has 0 heteroatoms. The van der Waals surface area contributed by atoms with E-state index in [1.54, 1.807) is 0 Å². The smallest absolute Gasteiger partial charge is 0.0155 e. The second kappa shape index (κ2) is 16.3. The van der Waals surface area contributed by atoms with Gasteiger partial charge in [-0.3, -0.25) is 0 Å². The lowest BCUT2D eigenvalue weighted by molar-refractivity contribution is 1.48. The highest BCUT2D eigenvalue weighted by molar-refractivity contribution is 5.85. The molecule has 0 aromatic heterocycles. The number of fused-ring (bicyclic) bond motifs is 2. The number of aryl methyl sites for hydroxylation is 3. The first-order valence-corrected chi connectivity index (χ1v) is 10.0. The Morgan fingerprint density at radius 1 is 0.364 bits per heavy atom. The third-order valence-corrected chi connectivity index (χ3v) is 4.85. The molecule has 0 aliphatic rings. The Labute approximate surface area is 203 Å². The van der Waals surface area contributed by atoms with Gasteiger partial charge in [-0.05, 0) is 47.9 Å². The van der Waals surface area contributed by atoms with E-state index in [0.717, 1.165) is 0 Å². The van der Waals surface area contributed by atoms with Crippen LogP contribution in [0.1, 0.15) is 46.4 Å². The Balaban J connectivity index is 0. The van der Waals surface area contributed by atoms with Gasteiger partial charge in [-0.25, -0.2) is 0 Å². The lowest BCUT2D eigenvalue weighted by atomic mass is 10.1. The summed E-state index contributed by atoms with van der Waals surface area (Å²) in [6.07, 6.45) is 0. The second-order valence-electron chi connectivity index (χ2n) is 7.30. The van der Waals surface area contributed by atoms with Crippen LogP contribution in [0.3, 0.4) is 0 Å². The molecule has 5 aromatic rings. The summed E-state index contributed by atoms with van der Waals surface area (Å²) in [5.74, 6) is 0. The molecule has 176 valence electrons. The molecule has 33 heavy (non-hydrogen) atoms. The molecule has 0 atom stereocenters. The summed E-state index contributed by atoms with van der Waals surface area (Å²) in [6, 6.07) is 40.0. The van der Waals surface area contributed by atoms with Crippen LogP contribution in [0, 0.1) is 20.8 Å². The number of benzene rings is 5. The predicted molar refractivity (Wildman–Crippen MR) is 155 cm³/mol. The average molecular weight is 441 g/mol. The van der Waals surface area contributed by atoms with Crippen molar-refractivity contribution in [3.05, 3.63) is 132 Å². The third kappa shape index (κ3) is 9.74. The molecule has 0 aliphatic carbocycles. The van der Waals surface area contributed by atoms with Crippen molar-refractivity contribution >= 4 is 21.5 Å². The Kier molecular flexibility index (Phi) is 15.7. The van der Waals surface area contributed by atoms with Crippen molar-refractivity contribution in [1.29, 1.82) is 0 Å². The SMILES string of the molecule is C.C.C.C.Cc1ccc2ccccc2c1.Cc1cccc2ccccc12.Cc1ccccc1. The van der Waals surface area contributed by atoms with Crippen LogP contribution >= 0.6 is 0 Å². The Bertz CT molecular complexity index is 1160. The van der Waals surface area contributed by atoms with E-state index in [1.807, 2.05) is 18.2 Å². The van der Waals surface area contributed by atoms with Gasteiger partial charge in [-0.15, -0.1) is 0 Å². The zero-order valence-corrected chi connectivity index (χ0v) is 17.5. The highest BCUT2D eigenvalue weighted by atomic mass is 14.0. The molecule has 0 saturated carbocycles. The minimum absolute atomic E-state index is 0. The van der Waals surface area contributed by atoms with Crippen LogP contribution in [-0.4, -0.2) is 0 Å². The summed E-state index contributed by atoms with van der Waals surface area (Å²) < 4.78 is 0. The molecule has 0 fully saturated rings. The molecule has 0 radical (unpaired) electrons. The van der Waals surface area contributed by atoms with E-state index in [0.29, 0.717) is 0 Å². The minimum Gasteiger partial charge on any atom is -0.0776 e. The van der Waals surface area contributed by atoms with Crippen molar-refractivity contribution in [1.82, 2.24) is 0 Å². The van der Waals surface area contributed by atoms with Gasteiger partial charge < -0.3 is 0 Å². The quantitative estimate of drug-likeness (QED) is 0.224. The molecule has 0 N–H and O–H groups in total. The van der Waals surface area contributed by atoms with Crippen LogP contribution in [-0.2, 0) is 0 Å². The molecule has 5 aromatic carbocycles. The summed E-state index contributed by atoms with van der Waals surface area (Å²) in [5, 5.41) is 5.33. The molecule has 0 unspecified atom stereocenters. The standard InChI is InChI=1S/2C11H10.C7H8.4CH4/c1-9-5-4-7-10-6-2-3-8-11(9)10;1-9-6-7-10-4-2-3-5-11(10)8-9;1-7-5-3-2-4-6-7;;;;/h2*2-8H,1H3;2-6H,1H3;4*1H4. The van der Waals surface area contributed by atoms with E-state index in [2.05, 4.69) is 118 Å². The number of hydrogen-bond donors (Lipinski definition) is 0. The average Bonchev–Trinajstić information content (AvgIpc) is 2.76. The highest BCUT2D eigenvalue weighted by Gasteiger charge is 1.92. The Hall–Kier alpha value is -3.38. The fourth-order valence-corrected chi connectivity index (χ4v) is 3.23. The first-order chi connectivity index (χ1) is 14.1. The van der Waals surface area contributed by atoms with Crippen LogP contribution in [0.2, 0.25) is 0 Å².